The molecule has 1 fully saturated rings. The number of thiophene rings is 1. The minimum atomic E-state index is 0.0817. The van der Waals surface area contributed by atoms with Gasteiger partial charge in [-0.2, -0.15) is 0 Å². The molecule has 5 heteroatoms. The maximum atomic E-state index is 12.0. The van der Waals surface area contributed by atoms with E-state index in [2.05, 4.69) is 10.3 Å². The van der Waals surface area contributed by atoms with Crippen molar-refractivity contribution in [2.24, 2.45) is 5.92 Å². The van der Waals surface area contributed by atoms with Gasteiger partial charge in [-0.15, -0.1) is 11.3 Å². The van der Waals surface area contributed by atoms with Gasteiger partial charge >= 0.3 is 0 Å². The van der Waals surface area contributed by atoms with Crippen molar-refractivity contribution in [1.29, 1.82) is 0 Å². The van der Waals surface area contributed by atoms with Gasteiger partial charge in [0.2, 0.25) is 0 Å². The Balaban J connectivity index is 1.66. The summed E-state index contributed by atoms with van der Waals surface area (Å²) in [5.74, 6) is 0.879. The second kappa shape index (κ2) is 4.58. The van der Waals surface area contributed by atoms with Gasteiger partial charge in [0.05, 0.1) is 11.8 Å². The van der Waals surface area contributed by atoms with Crippen molar-refractivity contribution in [3.05, 3.63) is 28.1 Å². The molecule has 0 bridgehead atoms. The largest absolute Gasteiger partial charge is 0.315 e. The first-order valence-corrected chi connectivity index (χ1v) is 6.86. The first kappa shape index (κ1) is 10.9. The Kier molecular flexibility index (Phi) is 2.94. The van der Waals surface area contributed by atoms with E-state index in [9.17, 15) is 4.79 Å². The first-order valence-electron chi connectivity index (χ1n) is 5.98. The number of aromatic nitrogens is 2. The van der Waals surface area contributed by atoms with Crippen molar-refractivity contribution in [1.82, 2.24) is 14.9 Å². The number of fused-ring (bicyclic) bond motifs is 1. The normalized spacial score (nSPS) is 15.5. The monoisotopic (exact) mass is 249 g/mol. The average Bonchev–Trinajstić information content (AvgIpc) is 3.02. The second-order valence-electron chi connectivity index (χ2n) is 4.53. The van der Waals surface area contributed by atoms with Gasteiger partial charge in [-0.3, -0.25) is 9.36 Å². The van der Waals surface area contributed by atoms with E-state index in [4.69, 9.17) is 0 Å². The Labute approximate surface area is 103 Å². The van der Waals surface area contributed by atoms with Crippen molar-refractivity contribution < 1.29 is 0 Å². The SMILES string of the molecule is O=c1c2sccc2ncn1CCNCC1CC1. The third-order valence-corrected chi connectivity index (χ3v) is 3.99. The van der Waals surface area contributed by atoms with E-state index in [1.807, 2.05) is 11.4 Å². The van der Waals surface area contributed by atoms with Crippen LogP contribution in [0.25, 0.3) is 10.2 Å². The summed E-state index contributed by atoms with van der Waals surface area (Å²) in [4.78, 5) is 16.3. The molecule has 0 aromatic carbocycles. The molecule has 2 aromatic heterocycles. The molecule has 0 unspecified atom stereocenters. The van der Waals surface area contributed by atoms with Crippen molar-refractivity contribution in [3.8, 4) is 0 Å². The molecule has 0 radical (unpaired) electrons. The molecule has 0 aliphatic heterocycles. The van der Waals surface area contributed by atoms with Gasteiger partial charge in [-0.05, 0) is 36.8 Å². The van der Waals surface area contributed by atoms with Gasteiger partial charge in [0.1, 0.15) is 4.70 Å². The number of hydrogen-bond acceptors (Lipinski definition) is 4. The molecule has 90 valence electrons. The van der Waals surface area contributed by atoms with E-state index < -0.39 is 0 Å². The van der Waals surface area contributed by atoms with Gasteiger partial charge in [0.25, 0.3) is 5.56 Å². The number of hydrogen-bond donors (Lipinski definition) is 1. The van der Waals surface area contributed by atoms with E-state index in [1.54, 1.807) is 10.9 Å². The lowest BCUT2D eigenvalue weighted by atomic mass is 10.4. The van der Waals surface area contributed by atoms with Crippen LogP contribution >= 0.6 is 11.3 Å². The molecule has 1 aliphatic carbocycles. The third kappa shape index (κ3) is 2.40. The maximum absolute atomic E-state index is 12.0. The lowest BCUT2D eigenvalue weighted by Gasteiger charge is -2.06. The van der Waals surface area contributed by atoms with Crippen LogP contribution in [0.4, 0.5) is 0 Å². The minimum Gasteiger partial charge on any atom is -0.315 e. The summed E-state index contributed by atoms with van der Waals surface area (Å²) < 4.78 is 2.45. The first-order chi connectivity index (χ1) is 8.34. The molecule has 0 amide bonds. The highest BCUT2D eigenvalue weighted by Gasteiger charge is 2.19. The fraction of sp³-hybridized carbons (Fsp3) is 0.500. The Bertz CT molecular complexity index is 570. The Morgan fingerprint density at radius 3 is 3.24 bits per heavy atom. The van der Waals surface area contributed by atoms with Crippen LogP contribution in [0.2, 0.25) is 0 Å². The fourth-order valence-electron chi connectivity index (χ4n) is 1.87. The van der Waals surface area contributed by atoms with Crippen LogP contribution in [0.15, 0.2) is 22.6 Å². The highest BCUT2D eigenvalue weighted by atomic mass is 32.1. The number of nitrogens with one attached hydrogen (secondary N) is 1. The average molecular weight is 249 g/mol. The molecule has 0 atom stereocenters. The van der Waals surface area contributed by atoms with Crippen LogP contribution in [0.5, 0.6) is 0 Å². The summed E-state index contributed by atoms with van der Waals surface area (Å²) in [6.45, 7) is 2.63. The second-order valence-corrected chi connectivity index (χ2v) is 5.44. The van der Waals surface area contributed by atoms with Crippen LogP contribution < -0.4 is 10.9 Å². The molecule has 1 aliphatic rings. The van der Waals surface area contributed by atoms with E-state index in [1.165, 1.54) is 24.2 Å². The van der Waals surface area contributed by atoms with Gasteiger partial charge in [-0.1, -0.05) is 0 Å². The smallest absolute Gasteiger partial charge is 0.271 e. The lowest BCUT2D eigenvalue weighted by molar-refractivity contribution is 0.564. The van der Waals surface area contributed by atoms with Crippen molar-refractivity contribution in [2.45, 2.75) is 19.4 Å². The van der Waals surface area contributed by atoms with Gasteiger partial charge < -0.3 is 5.32 Å². The third-order valence-electron chi connectivity index (χ3n) is 3.10. The van der Waals surface area contributed by atoms with Crippen molar-refractivity contribution >= 4 is 21.6 Å². The van der Waals surface area contributed by atoms with E-state index in [-0.39, 0.29) is 5.56 Å². The summed E-state index contributed by atoms with van der Waals surface area (Å²) in [6.07, 6.45) is 4.36. The number of rotatable bonds is 5. The Hall–Kier alpha value is -1.20. The van der Waals surface area contributed by atoms with E-state index in [0.29, 0.717) is 6.54 Å². The standard InChI is InChI=1S/C12H15N3OS/c16-12-11-10(3-6-17-11)14-8-15(12)5-4-13-7-9-1-2-9/h3,6,8-9,13H,1-2,4-5,7H2. The zero-order valence-electron chi connectivity index (χ0n) is 9.56. The molecule has 1 saturated carbocycles. The minimum absolute atomic E-state index is 0.0817. The molecule has 0 saturated heterocycles. The van der Waals surface area contributed by atoms with Gasteiger partial charge in [-0.25, -0.2) is 4.98 Å². The summed E-state index contributed by atoms with van der Waals surface area (Å²) in [7, 11) is 0. The molecule has 0 spiro atoms. The van der Waals surface area contributed by atoms with E-state index in [0.717, 1.165) is 29.2 Å². The van der Waals surface area contributed by atoms with Crippen molar-refractivity contribution in [2.75, 3.05) is 13.1 Å². The molecular weight excluding hydrogens is 234 g/mol. The van der Waals surface area contributed by atoms with Crippen LogP contribution in [0, 0.1) is 5.92 Å². The molecule has 4 nitrogen and oxygen atoms in total. The molecule has 2 heterocycles. The van der Waals surface area contributed by atoms with Crippen molar-refractivity contribution in [3.63, 3.8) is 0 Å². The predicted molar refractivity (Wildman–Crippen MR) is 69.5 cm³/mol. The summed E-state index contributed by atoms with van der Waals surface area (Å²) >= 11 is 1.47. The van der Waals surface area contributed by atoms with Crippen LogP contribution in [-0.4, -0.2) is 22.6 Å². The fourth-order valence-corrected chi connectivity index (χ4v) is 2.66. The topological polar surface area (TPSA) is 46.9 Å². The highest BCUT2D eigenvalue weighted by Crippen LogP contribution is 2.27. The van der Waals surface area contributed by atoms with Crippen LogP contribution in [0.1, 0.15) is 12.8 Å². The summed E-state index contributed by atoms with van der Waals surface area (Å²) in [5.41, 5.74) is 0.889. The zero-order chi connectivity index (χ0) is 11.7. The number of nitrogens with zero attached hydrogens (tertiary/aromatic N) is 2. The quantitative estimate of drug-likeness (QED) is 0.816. The highest BCUT2D eigenvalue weighted by molar-refractivity contribution is 7.17. The Morgan fingerprint density at radius 1 is 1.53 bits per heavy atom. The molecule has 2 aromatic rings. The van der Waals surface area contributed by atoms with E-state index >= 15 is 0 Å². The maximum Gasteiger partial charge on any atom is 0.271 e. The zero-order valence-corrected chi connectivity index (χ0v) is 10.4. The van der Waals surface area contributed by atoms with Gasteiger partial charge in [0.15, 0.2) is 0 Å². The van der Waals surface area contributed by atoms with Gasteiger partial charge in [0, 0.05) is 13.1 Å². The van der Waals surface area contributed by atoms with Crippen LogP contribution in [-0.2, 0) is 6.54 Å². The molecular formula is C12H15N3OS. The summed E-state index contributed by atoms with van der Waals surface area (Å²) in [5, 5.41) is 5.29. The molecule has 1 N–H and O–H groups in total. The molecule has 17 heavy (non-hydrogen) atoms. The Morgan fingerprint density at radius 2 is 2.41 bits per heavy atom. The van der Waals surface area contributed by atoms with Crippen LogP contribution in [0.3, 0.4) is 0 Å². The predicted octanol–water partition coefficient (Wildman–Crippen LogP) is 1.46. The summed E-state index contributed by atoms with van der Waals surface area (Å²) in [6, 6.07) is 1.89. The molecule has 3 rings (SSSR count). The lowest BCUT2D eigenvalue weighted by Crippen LogP contribution is -2.27.